The molecule has 18 aromatic carbocycles. The summed E-state index contributed by atoms with van der Waals surface area (Å²) in [5.74, 6) is 0. The second kappa shape index (κ2) is 28.6. The Morgan fingerprint density at radius 1 is 0.178 bits per heavy atom. The monoisotopic (exact) mass is 1510 g/mol. The Kier molecular flexibility index (Phi) is 16.8. The van der Waals surface area contributed by atoms with Crippen LogP contribution in [0.2, 0.25) is 0 Å². The van der Waals surface area contributed by atoms with Gasteiger partial charge in [0.15, 0.2) is 0 Å². The lowest BCUT2D eigenvalue weighted by atomic mass is 9.97. The van der Waals surface area contributed by atoms with Crippen LogP contribution in [0, 0.1) is 20.8 Å². The first kappa shape index (κ1) is 69.3. The van der Waals surface area contributed by atoms with Crippen LogP contribution in [-0.2, 0) is 0 Å². The molecule has 7 heteroatoms. The van der Waals surface area contributed by atoms with Gasteiger partial charge in [0.05, 0.1) is 72.6 Å². The number of aryl methyl sites for hydroxylation is 3. The topological polar surface area (TPSA) is 29.4 Å². The summed E-state index contributed by atoms with van der Waals surface area (Å²) in [4.78, 5) is 7.62. The molecule has 0 bridgehead atoms. The summed E-state index contributed by atoms with van der Waals surface area (Å²) in [6.07, 6.45) is 0. The maximum absolute atomic E-state index is 2.56. The summed E-state index contributed by atoms with van der Waals surface area (Å²) in [6, 6.07) is 158. The molecule has 0 fully saturated rings. The first-order valence-electron chi connectivity index (χ1n) is 40.6. The van der Waals surface area contributed by atoms with Gasteiger partial charge in [0.2, 0.25) is 0 Å². The zero-order valence-corrected chi connectivity index (χ0v) is 65.5. The van der Waals surface area contributed by atoms with Gasteiger partial charge in [0, 0.05) is 105 Å². The van der Waals surface area contributed by atoms with Crippen LogP contribution in [0.25, 0.3) is 143 Å². The van der Waals surface area contributed by atoms with Crippen molar-refractivity contribution in [3.8, 4) is 56.1 Å². The number of hydrogen-bond donors (Lipinski definition) is 0. The molecule has 0 aliphatic carbocycles. The molecule has 22 aromatic rings. The van der Waals surface area contributed by atoms with Gasteiger partial charge < -0.3 is 33.0 Å². The number of anilines is 9. The third kappa shape index (κ3) is 11.6. The van der Waals surface area contributed by atoms with Crippen molar-refractivity contribution in [2.75, 3.05) is 14.7 Å². The number of hydrogen-bond acceptors (Lipinski definition) is 3. The minimum atomic E-state index is 0.970. The highest BCUT2D eigenvalue weighted by Gasteiger charge is 2.32. The molecule has 558 valence electrons. The standard InChI is InChI=1S/C111H79N7/c1-74-51-60-84(61-52-74)112(98-43-22-16-37-88(98)77-57-66-104-94(69-77)91-40-19-25-46-101(91)113(104)80-29-8-4-9-30-80)87-72-97-110-107(116(85-62-53-75(2)54-63-85)99-44-23-17-38-89(99)78-58-67-105-95(70-78)92-41-20-26-47-102(92)114(105)81-31-10-5-11-32-81)49-28-50-108(110)118(83-35-14-7-15-36-83)111(97)109(73-87)117(86-64-55-76(3)56-65-86)100-45-24-18-39-90(100)79-59-68-106-96(71-79)93-42-21-27-48-103(93)115(106)82-33-12-6-13-34-82/h4-73H,1-3H3. The first-order valence-corrected chi connectivity index (χ1v) is 40.6. The van der Waals surface area contributed by atoms with Gasteiger partial charge in [-0.1, -0.05) is 259 Å². The number of rotatable bonds is 16. The number of para-hydroxylation sites is 10. The van der Waals surface area contributed by atoms with E-state index in [-0.39, 0.29) is 0 Å². The molecule has 0 aliphatic rings. The minimum absolute atomic E-state index is 0.970. The predicted molar refractivity (Wildman–Crippen MR) is 498 cm³/mol. The van der Waals surface area contributed by atoms with Crippen molar-refractivity contribution < 1.29 is 0 Å². The summed E-state index contributed by atoms with van der Waals surface area (Å²) in [5.41, 5.74) is 32.6. The molecular weight excluding hydrogens is 1430 g/mol. The molecule has 22 rings (SSSR count). The van der Waals surface area contributed by atoms with E-state index >= 15 is 0 Å². The summed E-state index contributed by atoms with van der Waals surface area (Å²) in [7, 11) is 0. The molecule has 0 saturated heterocycles. The van der Waals surface area contributed by atoms with E-state index < -0.39 is 0 Å². The van der Waals surface area contributed by atoms with Crippen LogP contribution < -0.4 is 14.7 Å². The van der Waals surface area contributed by atoms with Gasteiger partial charge in [-0.3, -0.25) is 0 Å². The van der Waals surface area contributed by atoms with E-state index in [1.165, 1.54) is 54.5 Å². The fourth-order valence-corrected chi connectivity index (χ4v) is 18.5. The van der Waals surface area contributed by atoms with Crippen LogP contribution in [0.1, 0.15) is 16.7 Å². The largest absolute Gasteiger partial charge is 0.310 e. The van der Waals surface area contributed by atoms with Gasteiger partial charge in [-0.05, 0) is 219 Å². The van der Waals surface area contributed by atoms with Crippen molar-refractivity contribution >= 4 is 138 Å². The zero-order valence-electron chi connectivity index (χ0n) is 65.5. The van der Waals surface area contributed by atoms with Gasteiger partial charge in [-0.2, -0.15) is 0 Å². The van der Waals surface area contributed by atoms with E-state index in [9.17, 15) is 0 Å². The van der Waals surface area contributed by atoms with Gasteiger partial charge in [-0.25, -0.2) is 0 Å². The summed E-state index contributed by atoms with van der Waals surface area (Å²) >= 11 is 0. The third-order valence-corrected chi connectivity index (χ3v) is 23.9. The maximum Gasteiger partial charge on any atom is 0.0784 e. The summed E-state index contributed by atoms with van der Waals surface area (Å²) < 4.78 is 9.76. The van der Waals surface area contributed by atoms with E-state index in [2.05, 4.69) is 478 Å². The average molecular weight is 1510 g/mol. The highest BCUT2D eigenvalue weighted by Crippen LogP contribution is 2.55. The second-order valence-corrected chi connectivity index (χ2v) is 31.0. The summed E-state index contributed by atoms with van der Waals surface area (Å²) in [6.45, 7) is 6.56. The quantitative estimate of drug-likeness (QED) is 0.0966. The lowest BCUT2D eigenvalue weighted by Crippen LogP contribution is -2.15. The third-order valence-electron chi connectivity index (χ3n) is 23.9. The molecule has 7 nitrogen and oxygen atoms in total. The van der Waals surface area contributed by atoms with Gasteiger partial charge in [-0.15, -0.1) is 0 Å². The van der Waals surface area contributed by atoms with Crippen molar-refractivity contribution in [2.24, 2.45) is 0 Å². The predicted octanol–water partition coefficient (Wildman–Crippen LogP) is 30.4. The molecule has 0 unspecified atom stereocenters. The fraction of sp³-hybridized carbons (Fsp3) is 0.0270. The first-order chi connectivity index (χ1) is 58.3. The molecule has 4 aromatic heterocycles. The highest BCUT2D eigenvalue weighted by atomic mass is 15.2. The molecular formula is C111H79N7. The second-order valence-electron chi connectivity index (χ2n) is 31.0. The molecule has 0 N–H and O–H groups in total. The molecule has 118 heavy (non-hydrogen) atoms. The van der Waals surface area contributed by atoms with Gasteiger partial charge in [0.1, 0.15) is 0 Å². The van der Waals surface area contributed by atoms with E-state index in [4.69, 9.17) is 0 Å². The Bertz CT molecular complexity index is 7620. The number of fused-ring (bicyclic) bond motifs is 12. The van der Waals surface area contributed by atoms with Crippen molar-refractivity contribution in [1.82, 2.24) is 18.3 Å². The van der Waals surface area contributed by atoms with Gasteiger partial charge >= 0.3 is 0 Å². The van der Waals surface area contributed by atoms with E-state index in [1.807, 2.05) is 0 Å². The zero-order chi connectivity index (χ0) is 78.5. The molecule has 0 aliphatic heterocycles. The van der Waals surface area contributed by atoms with E-state index in [0.29, 0.717) is 0 Å². The molecule has 0 radical (unpaired) electrons. The lowest BCUT2D eigenvalue weighted by Gasteiger charge is -2.32. The number of nitrogens with zero attached hydrogens (tertiary/aromatic N) is 7. The van der Waals surface area contributed by atoms with Crippen molar-refractivity contribution in [1.29, 1.82) is 0 Å². The molecule has 4 heterocycles. The maximum atomic E-state index is 2.56. The van der Waals surface area contributed by atoms with Crippen LogP contribution in [0.15, 0.2) is 425 Å². The normalized spacial score (nSPS) is 11.7. The van der Waals surface area contributed by atoms with Crippen LogP contribution in [-0.4, -0.2) is 18.3 Å². The Morgan fingerprint density at radius 3 is 0.864 bits per heavy atom. The Morgan fingerprint density at radius 2 is 0.475 bits per heavy atom. The van der Waals surface area contributed by atoms with Crippen molar-refractivity contribution in [3.63, 3.8) is 0 Å². The molecule has 0 atom stereocenters. The fourth-order valence-electron chi connectivity index (χ4n) is 18.5. The van der Waals surface area contributed by atoms with E-state index in [0.717, 1.165) is 157 Å². The number of aromatic nitrogens is 4. The molecule has 0 amide bonds. The van der Waals surface area contributed by atoms with Crippen LogP contribution >= 0.6 is 0 Å². The van der Waals surface area contributed by atoms with Gasteiger partial charge in [0.25, 0.3) is 0 Å². The van der Waals surface area contributed by atoms with E-state index in [1.54, 1.807) is 0 Å². The minimum Gasteiger partial charge on any atom is -0.310 e. The van der Waals surface area contributed by atoms with Crippen molar-refractivity contribution in [2.45, 2.75) is 20.8 Å². The smallest absolute Gasteiger partial charge is 0.0784 e. The Labute approximate surface area is 685 Å². The Hall–Kier alpha value is -15.4. The lowest BCUT2D eigenvalue weighted by molar-refractivity contribution is 1.16. The Balaban J connectivity index is 0.848. The van der Waals surface area contributed by atoms with Crippen LogP contribution in [0.5, 0.6) is 0 Å². The van der Waals surface area contributed by atoms with Crippen LogP contribution in [0.4, 0.5) is 51.2 Å². The highest BCUT2D eigenvalue weighted by molar-refractivity contribution is 6.23. The number of benzene rings is 18. The molecule has 0 saturated carbocycles. The summed E-state index contributed by atoms with van der Waals surface area (Å²) in [5, 5.41) is 9.28. The van der Waals surface area contributed by atoms with Crippen LogP contribution in [0.3, 0.4) is 0 Å². The average Bonchev–Trinajstić information content (AvgIpc) is 1.54. The molecule has 0 spiro atoms. The SMILES string of the molecule is Cc1ccc(N(c2cc(N(c3ccc(C)cc3)c3ccccc3-c3ccc4c(c3)c3ccccc3n4-c3ccccc3)c3c(c2)c2c(N(c4ccc(C)cc4)c4ccccc4-c4ccc5c(c4)c4ccccc4n5-c4ccccc4)cccc2n3-c2ccccc2)c2ccccc2-c2ccc3c(c2)c2ccccc2n3-c2ccccc2)cc1. The van der Waals surface area contributed by atoms with Crippen molar-refractivity contribution in [3.05, 3.63) is 441 Å².